The summed E-state index contributed by atoms with van der Waals surface area (Å²) in [4.78, 5) is 12.9. The van der Waals surface area contributed by atoms with Crippen LogP contribution < -0.4 is 14.2 Å². The fourth-order valence-corrected chi connectivity index (χ4v) is 3.37. The van der Waals surface area contributed by atoms with Gasteiger partial charge in [0.2, 0.25) is 6.29 Å². The van der Waals surface area contributed by atoms with E-state index >= 15 is 0 Å². The number of aliphatic hydroxyl groups is 4. The zero-order valence-corrected chi connectivity index (χ0v) is 18.0. The molecule has 0 amide bonds. The molecule has 2 aromatic carbocycles. The molecule has 3 rings (SSSR count). The Morgan fingerprint density at radius 2 is 1.73 bits per heavy atom. The normalized spacial score (nSPS) is 25.1. The molecule has 1 aliphatic rings. The summed E-state index contributed by atoms with van der Waals surface area (Å²) in [5, 5.41) is 49.7. The zero-order chi connectivity index (χ0) is 24.1. The Kier molecular flexibility index (Phi) is 7.90. The van der Waals surface area contributed by atoms with Gasteiger partial charge in [-0.05, 0) is 35.9 Å². The summed E-state index contributed by atoms with van der Waals surface area (Å²) in [6, 6.07) is 9.14. The van der Waals surface area contributed by atoms with Crippen molar-refractivity contribution in [2.75, 3.05) is 20.8 Å². The van der Waals surface area contributed by atoms with Gasteiger partial charge in [0.1, 0.15) is 41.5 Å². The van der Waals surface area contributed by atoms with Gasteiger partial charge in [-0.1, -0.05) is 18.2 Å². The van der Waals surface area contributed by atoms with Crippen molar-refractivity contribution in [2.45, 2.75) is 30.7 Å². The number of ether oxygens (including phenoxy) is 4. The number of benzene rings is 2. The number of carbonyl (C=O) groups is 1. The summed E-state index contributed by atoms with van der Waals surface area (Å²) in [5.74, 6) is -0.110. The van der Waals surface area contributed by atoms with Crippen LogP contribution in [0.1, 0.15) is 15.9 Å². The average molecular weight is 462 g/mol. The lowest BCUT2D eigenvalue weighted by atomic mass is 9.99. The second-order valence-corrected chi connectivity index (χ2v) is 7.28. The molecule has 5 N–H and O–H groups in total. The van der Waals surface area contributed by atoms with Gasteiger partial charge in [-0.2, -0.15) is 0 Å². The number of phenols is 1. The molecule has 178 valence electrons. The van der Waals surface area contributed by atoms with Gasteiger partial charge in [0.05, 0.1) is 20.8 Å². The molecule has 0 aliphatic carbocycles. The summed E-state index contributed by atoms with van der Waals surface area (Å²) in [5.41, 5.74) is 0.430. The Balaban J connectivity index is 1.85. The molecule has 33 heavy (non-hydrogen) atoms. The number of phenolic OH excluding ortho intramolecular Hbond substituents is 1. The standard InChI is InChI=1S/C23H26O10/c1-30-15-9-7-12(10-17(15)31-2)6-8-14(26)19-13(25)4-3-5-16(19)32-23-22(29)21(28)20(27)18(11-24)33-23/h3-10,18,20-25,27-29H,11H2,1-2H3/b8-6+/t18-,20-,21+,22-,23-/m1/s1. The Bertz CT molecular complexity index is 1000. The molecular weight excluding hydrogens is 436 g/mol. The van der Waals surface area contributed by atoms with Gasteiger partial charge < -0.3 is 44.5 Å². The van der Waals surface area contributed by atoms with Crippen LogP contribution in [-0.2, 0) is 4.74 Å². The number of allylic oxidation sites excluding steroid dienone is 1. The van der Waals surface area contributed by atoms with E-state index < -0.39 is 43.1 Å². The lowest BCUT2D eigenvalue weighted by Crippen LogP contribution is -2.60. The van der Waals surface area contributed by atoms with Crippen molar-refractivity contribution >= 4 is 11.9 Å². The molecule has 10 heteroatoms. The SMILES string of the molecule is COc1ccc(/C=C/C(=O)c2c(O)cccc2O[C@@H]2O[C@H](CO)[C@@H](O)[C@H](O)[C@H]2O)cc1OC. The highest BCUT2D eigenvalue weighted by atomic mass is 16.7. The maximum Gasteiger partial charge on any atom is 0.229 e. The Hall–Kier alpha value is -3.15. The van der Waals surface area contributed by atoms with E-state index in [-0.39, 0.29) is 17.1 Å². The molecular formula is C23H26O10. The number of ketones is 1. The van der Waals surface area contributed by atoms with Crippen LogP contribution in [-0.4, -0.2) is 82.8 Å². The van der Waals surface area contributed by atoms with E-state index in [1.165, 1.54) is 44.6 Å². The quantitative estimate of drug-likeness (QED) is 0.276. The minimum atomic E-state index is -1.67. The van der Waals surface area contributed by atoms with Crippen molar-refractivity contribution in [1.82, 2.24) is 0 Å². The number of hydrogen-bond acceptors (Lipinski definition) is 10. The van der Waals surface area contributed by atoms with Crippen LogP contribution in [0, 0.1) is 0 Å². The molecule has 0 saturated carbocycles. The number of methoxy groups -OCH3 is 2. The third-order valence-corrected chi connectivity index (χ3v) is 5.18. The molecule has 10 nitrogen and oxygen atoms in total. The van der Waals surface area contributed by atoms with Gasteiger partial charge in [0.25, 0.3) is 0 Å². The first-order valence-corrected chi connectivity index (χ1v) is 10.0. The summed E-state index contributed by atoms with van der Waals surface area (Å²) in [6.07, 6.45) is -4.85. The van der Waals surface area contributed by atoms with Crippen molar-refractivity contribution < 1.29 is 49.3 Å². The predicted molar refractivity (Wildman–Crippen MR) is 115 cm³/mol. The van der Waals surface area contributed by atoms with E-state index in [9.17, 15) is 30.3 Å². The van der Waals surface area contributed by atoms with Crippen molar-refractivity contribution in [3.63, 3.8) is 0 Å². The number of aliphatic hydroxyl groups excluding tert-OH is 4. The van der Waals surface area contributed by atoms with Crippen molar-refractivity contribution in [2.24, 2.45) is 0 Å². The smallest absolute Gasteiger partial charge is 0.229 e. The molecule has 1 aliphatic heterocycles. The fraction of sp³-hybridized carbons (Fsp3) is 0.348. The van der Waals surface area contributed by atoms with E-state index in [0.29, 0.717) is 17.1 Å². The molecule has 5 atom stereocenters. The minimum Gasteiger partial charge on any atom is -0.507 e. The van der Waals surface area contributed by atoms with Crippen LogP contribution >= 0.6 is 0 Å². The monoisotopic (exact) mass is 462 g/mol. The number of aromatic hydroxyl groups is 1. The molecule has 1 fully saturated rings. The van der Waals surface area contributed by atoms with Crippen LogP contribution in [0.2, 0.25) is 0 Å². The highest BCUT2D eigenvalue weighted by Crippen LogP contribution is 2.32. The van der Waals surface area contributed by atoms with E-state index in [1.807, 2.05) is 0 Å². The van der Waals surface area contributed by atoms with E-state index in [2.05, 4.69) is 0 Å². The highest BCUT2D eigenvalue weighted by Gasteiger charge is 2.45. The summed E-state index contributed by atoms with van der Waals surface area (Å²) < 4.78 is 21.3. The number of carbonyl (C=O) groups excluding carboxylic acids is 1. The van der Waals surface area contributed by atoms with Gasteiger partial charge in [-0.15, -0.1) is 0 Å². The van der Waals surface area contributed by atoms with E-state index in [4.69, 9.17) is 18.9 Å². The maximum absolute atomic E-state index is 12.9. The maximum atomic E-state index is 12.9. The van der Waals surface area contributed by atoms with Gasteiger partial charge in [0, 0.05) is 0 Å². The van der Waals surface area contributed by atoms with Gasteiger partial charge in [-0.25, -0.2) is 0 Å². The molecule has 0 aromatic heterocycles. The minimum absolute atomic E-state index is 0.124. The fourth-order valence-electron chi connectivity index (χ4n) is 3.37. The Morgan fingerprint density at radius 1 is 1.00 bits per heavy atom. The van der Waals surface area contributed by atoms with E-state index in [1.54, 1.807) is 18.2 Å². The zero-order valence-electron chi connectivity index (χ0n) is 18.0. The first kappa shape index (κ1) is 24.5. The third kappa shape index (κ3) is 5.27. The van der Waals surface area contributed by atoms with Crippen LogP contribution in [0.5, 0.6) is 23.0 Å². The first-order valence-electron chi connectivity index (χ1n) is 10.0. The molecule has 0 bridgehead atoms. The number of hydrogen-bond donors (Lipinski definition) is 5. The Labute approximate surface area is 189 Å². The van der Waals surface area contributed by atoms with Crippen LogP contribution in [0.4, 0.5) is 0 Å². The molecule has 0 radical (unpaired) electrons. The largest absolute Gasteiger partial charge is 0.507 e. The second-order valence-electron chi connectivity index (χ2n) is 7.28. The van der Waals surface area contributed by atoms with Crippen LogP contribution in [0.25, 0.3) is 6.08 Å². The first-order chi connectivity index (χ1) is 15.8. The summed E-state index contributed by atoms with van der Waals surface area (Å²) in [7, 11) is 2.99. The van der Waals surface area contributed by atoms with Gasteiger partial charge in [-0.3, -0.25) is 4.79 Å². The Morgan fingerprint density at radius 3 is 2.39 bits per heavy atom. The summed E-state index contributed by atoms with van der Waals surface area (Å²) in [6.45, 7) is -0.634. The topological polar surface area (TPSA) is 155 Å². The highest BCUT2D eigenvalue weighted by molar-refractivity contribution is 6.10. The van der Waals surface area contributed by atoms with Crippen molar-refractivity contribution in [3.05, 3.63) is 53.6 Å². The van der Waals surface area contributed by atoms with E-state index in [0.717, 1.165) is 0 Å². The molecule has 0 unspecified atom stereocenters. The predicted octanol–water partition coefficient (Wildman–Crippen LogP) is 0.484. The van der Waals surface area contributed by atoms with Crippen LogP contribution in [0.15, 0.2) is 42.5 Å². The lowest BCUT2D eigenvalue weighted by Gasteiger charge is -2.39. The van der Waals surface area contributed by atoms with Crippen molar-refractivity contribution in [3.8, 4) is 23.0 Å². The van der Waals surface area contributed by atoms with Crippen molar-refractivity contribution in [1.29, 1.82) is 0 Å². The second kappa shape index (κ2) is 10.6. The molecule has 1 saturated heterocycles. The third-order valence-electron chi connectivity index (χ3n) is 5.18. The average Bonchev–Trinajstić information content (AvgIpc) is 2.82. The number of rotatable bonds is 8. The summed E-state index contributed by atoms with van der Waals surface area (Å²) >= 11 is 0. The van der Waals surface area contributed by atoms with Gasteiger partial charge >= 0.3 is 0 Å². The molecule has 1 heterocycles. The molecule has 0 spiro atoms. The van der Waals surface area contributed by atoms with Gasteiger partial charge in [0.15, 0.2) is 17.3 Å². The molecule has 2 aromatic rings. The lowest BCUT2D eigenvalue weighted by molar-refractivity contribution is -0.277. The van der Waals surface area contributed by atoms with Crippen LogP contribution in [0.3, 0.4) is 0 Å².